The first-order valence-corrected chi connectivity index (χ1v) is 5.04. The van der Waals surface area contributed by atoms with Gasteiger partial charge in [-0.3, -0.25) is 0 Å². The van der Waals surface area contributed by atoms with E-state index in [1.54, 1.807) is 7.11 Å². The minimum Gasteiger partial charge on any atom is -0.383 e. The summed E-state index contributed by atoms with van der Waals surface area (Å²) in [4.78, 5) is 0. The van der Waals surface area contributed by atoms with Gasteiger partial charge in [0.25, 0.3) is 0 Å². The molecule has 0 aliphatic rings. The monoisotopic (exact) mass is 193 g/mol. The molecule has 14 heavy (non-hydrogen) atoms. The average Bonchev–Trinajstić information content (AvgIpc) is 2.19. The third-order valence-electron chi connectivity index (χ3n) is 2.25. The highest BCUT2D eigenvalue weighted by atomic mass is 16.5. The van der Waals surface area contributed by atoms with Crippen LogP contribution in [0.3, 0.4) is 0 Å². The van der Waals surface area contributed by atoms with Gasteiger partial charge >= 0.3 is 0 Å². The molecule has 0 fully saturated rings. The van der Waals surface area contributed by atoms with Gasteiger partial charge in [-0.2, -0.15) is 0 Å². The Bertz CT molecular complexity index is 248. The second-order valence-corrected chi connectivity index (χ2v) is 3.66. The summed E-state index contributed by atoms with van der Waals surface area (Å²) in [6.07, 6.45) is 0. The zero-order valence-electron chi connectivity index (χ0n) is 9.16. The summed E-state index contributed by atoms with van der Waals surface area (Å²) in [5, 5.41) is 3.47. The number of methoxy groups -OCH3 is 1. The minimum absolute atomic E-state index is 0.376. The fourth-order valence-electron chi connectivity index (χ4n) is 1.56. The Morgan fingerprint density at radius 2 is 1.86 bits per heavy atom. The highest BCUT2D eigenvalue weighted by molar-refractivity contribution is 5.18. The Kier molecular flexibility index (Phi) is 4.63. The largest absolute Gasteiger partial charge is 0.383 e. The number of nitrogens with one attached hydrogen (secondary N) is 1. The van der Waals surface area contributed by atoms with Gasteiger partial charge in [-0.25, -0.2) is 0 Å². The van der Waals surface area contributed by atoms with Crippen LogP contribution < -0.4 is 5.32 Å². The van der Waals surface area contributed by atoms with E-state index in [-0.39, 0.29) is 0 Å². The minimum atomic E-state index is 0.376. The topological polar surface area (TPSA) is 21.3 Å². The van der Waals surface area contributed by atoms with Gasteiger partial charge in [-0.15, -0.1) is 0 Å². The van der Waals surface area contributed by atoms with Crippen LogP contribution in [-0.2, 0) is 4.74 Å². The van der Waals surface area contributed by atoms with Crippen LogP contribution in [-0.4, -0.2) is 19.8 Å². The SMILES string of the molecule is COC[C@H](C)N[C@@H](C)c1ccccc1. The molecule has 0 heterocycles. The highest BCUT2D eigenvalue weighted by Crippen LogP contribution is 2.11. The molecule has 0 spiro atoms. The number of hydrogen-bond acceptors (Lipinski definition) is 2. The lowest BCUT2D eigenvalue weighted by Crippen LogP contribution is -2.32. The van der Waals surface area contributed by atoms with Crippen molar-refractivity contribution >= 4 is 0 Å². The van der Waals surface area contributed by atoms with Gasteiger partial charge in [0, 0.05) is 19.2 Å². The van der Waals surface area contributed by atoms with E-state index in [1.807, 2.05) is 6.07 Å². The quantitative estimate of drug-likeness (QED) is 0.775. The summed E-state index contributed by atoms with van der Waals surface area (Å²) in [5.41, 5.74) is 1.32. The molecule has 0 saturated heterocycles. The standard InChI is InChI=1S/C12H19NO/c1-10(9-14-3)13-11(2)12-7-5-4-6-8-12/h4-8,10-11,13H,9H2,1-3H3/t10-,11-/m0/s1. The summed E-state index contributed by atoms with van der Waals surface area (Å²) in [6.45, 7) is 5.04. The van der Waals surface area contributed by atoms with E-state index in [0.29, 0.717) is 12.1 Å². The lowest BCUT2D eigenvalue weighted by atomic mass is 10.1. The number of ether oxygens (including phenoxy) is 1. The van der Waals surface area contributed by atoms with Crippen molar-refractivity contribution in [3.63, 3.8) is 0 Å². The van der Waals surface area contributed by atoms with Gasteiger partial charge in [-0.1, -0.05) is 30.3 Å². The molecule has 1 N–H and O–H groups in total. The van der Waals surface area contributed by atoms with E-state index in [9.17, 15) is 0 Å². The van der Waals surface area contributed by atoms with E-state index < -0.39 is 0 Å². The first-order chi connectivity index (χ1) is 6.74. The van der Waals surface area contributed by atoms with Gasteiger partial charge in [0.1, 0.15) is 0 Å². The first kappa shape index (κ1) is 11.2. The van der Waals surface area contributed by atoms with Crippen molar-refractivity contribution in [2.45, 2.75) is 25.9 Å². The van der Waals surface area contributed by atoms with E-state index in [2.05, 4.69) is 43.4 Å². The van der Waals surface area contributed by atoms with E-state index in [1.165, 1.54) is 5.56 Å². The fourth-order valence-corrected chi connectivity index (χ4v) is 1.56. The second kappa shape index (κ2) is 5.78. The lowest BCUT2D eigenvalue weighted by Gasteiger charge is -2.19. The maximum atomic E-state index is 5.08. The van der Waals surface area contributed by atoms with Crippen LogP contribution in [0.1, 0.15) is 25.5 Å². The molecule has 0 aromatic heterocycles. The van der Waals surface area contributed by atoms with Crippen molar-refractivity contribution in [3.05, 3.63) is 35.9 Å². The van der Waals surface area contributed by atoms with Crippen LogP contribution in [0.5, 0.6) is 0 Å². The van der Waals surface area contributed by atoms with Crippen LogP contribution in [0.4, 0.5) is 0 Å². The molecule has 0 aliphatic carbocycles. The molecule has 2 heteroatoms. The lowest BCUT2D eigenvalue weighted by molar-refractivity contribution is 0.168. The van der Waals surface area contributed by atoms with E-state index >= 15 is 0 Å². The van der Waals surface area contributed by atoms with Crippen molar-refractivity contribution in [1.29, 1.82) is 0 Å². The van der Waals surface area contributed by atoms with Crippen LogP contribution in [0.25, 0.3) is 0 Å². The summed E-state index contributed by atoms with van der Waals surface area (Å²) in [7, 11) is 1.73. The van der Waals surface area contributed by atoms with Crippen molar-refractivity contribution in [2.24, 2.45) is 0 Å². The Morgan fingerprint density at radius 3 is 2.43 bits per heavy atom. The number of benzene rings is 1. The predicted molar refractivity (Wildman–Crippen MR) is 59.3 cm³/mol. The molecule has 0 bridgehead atoms. The summed E-state index contributed by atoms with van der Waals surface area (Å²) in [5.74, 6) is 0. The van der Waals surface area contributed by atoms with Gasteiger partial charge in [-0.05, 0) is 19.4 Å². The molecule has 0 saturated carbocycles. The molecule has 1 aromatic rings. The molecule has 1 aromatic carbocycles. The summed E-state index contributed by atoms with van der Waals surface area (Å²) in [6, 6.07) is 11.2. The maximum absolute atomic E-state index is 5.08. The van der Waals surface area contributed by atoms with Crippen LogP contribution >= 0.6 is 0 Å². The van der Waals surface area contributed by atoms with Crippen molar-refractivity contribution in [1.82, 2.24) is 5.32 Å². The Labute approximate surface area is 86.3 Å². The van der Waals surface area contributed by atoms with Crippen LogP contribution in [0, 0.1) is 0 Å². The third-order valence-corrected chi connectivity index (χ3v) is 2.25. The van der Waals surface area contributed by atoms with Crippen LogP contribution in [0.15, 0.2) is 30.3 Å². The summed E-state index contributed by atoms with van der Waals surface area (Å²) < 4.78 is 5.08. The van der Waals surface area contributed by atoms with Gasteiger partial charge < -0.3 is 10.1 Å². The summed E-state index contributed by atoms with van der Waals surface area (Å²) >= 11 is 0. The normalized spacial score (nSPS) is 15.1. The molecule has 2 atom stereocenters. The highest BCUT2D eigenvalue weighted by Gasteiger charge is 2.07. The fraction of sp³-hybridized carbons (Fsp3) is 0.500. The molecule has 78 valence electrons. The Hall–Kier alpha value is -0.860. The Morgan fingerprint density at radius 1 is 1.21 bits per heavy atom. The second-order valence-electron chi connectivity index (χ2n) is 3.66. The third kappa shape index (κ3) is 3.48. The van der Waals surface area contributed by atoms with E-state index in [4.69, 9.17) is 4.74 Å². The van der Waals surface area contributed by atoms with Gasteiger partial charge in [0.15, 0.2) is 0 Å². The van der Waals surface area contributed by atoms with Crippen molar-refractivity contribution in [2.75, 3.05) is 13.7 Å². The molecular weight excluding hydrogens is 174 g/mol. The zero-order chi connectivity index (χ0) is 10.4. The van der Waals surface area contributed by atoms with Crippen LogP contribution in [0.2, 0.25) is 0 Å². The Balaban J connectivity index is 2.46. The molecule has 1 rings (SSSR count). The first-order valence-electron chi connectivity index (χ1n) is 5.04. The molecule has 0 amide bonds. The molecule has 0 unspecified atom stereocenters. The van der Waals surface area contributed by atoms with Gasteiger partial charge in [0.05, 0.1) is 6.61 Å². The molecule has 2 nitrogen and oxygen atoms in total. The predicted octanol–water partition coefficient (Wildman–Crippen LogP) is 2.37. The smallest absolute Gasteiger partial charge is 0.0613 e. The number of rotatable bonds is 5. The average molecular weight is 193 g/mol. The number of hydrogen-bond donors (Lipinski definition) is 1. The van der Waals surface area contributed by atoms with Crippen molar-refractivity contribution in [3.8, 4) is 0 Å². The van der Waals surface area contributed by atoms with E-state index in [0.717, 1.165) is 6.61 Å². The molecular formula is C12H19NO. The molecule has 0 aliphatic heterocycles. The van der Waals surface area contributed by atoms with Gasteiger partial charge in [0.2, 0.25) is 0 Å². The van der Waals surface area contributed by atoms with Crippen molar-refractivity contribution < 1.29 is 4.74 Å². The molecule has 0 radical (unpaired) electrons. The maximum Gasteiger partial charge on any atom is 0.0613 e. The zero-order valence-corrected chi connectivity index (χ0v) is 9.16.